The van der Waals surface area contributed by atoms with Crippen molar-refractivity contribution in [2.45, 2.75) is 51.0 Å². The number of benzene rings is 1. The van der Waals surface area contributed by atoms with Gasteiger partial charge in [-0.15, -0.1) is 11.3 Å². The van der Waals surface area contributed by atoms with Crippen LogP contribution in [0.15, 0.2) is 23.6 Å². The van der Waals surface area contributed by atoms with Crippen molar-refractivity contribution < 1.29 is 18.7 Å². The topological polar surface area (TPSA) is 92.4 Å². The molecule has 3 rings (SSSR count). The number of ether oxygens (including phenoxy) is 1. The molecule has 2 aromatic rings. The van der Waals surface area contributed by atoms with Gasteiger partial charge in [0.25, 0.3) is 0 Å². The number of carbonyl (C=O) groups is 2. The Labute approximate surface area is 179 Å². The summed E-state index contributed by atoms with van der Waals surface area (Å²) in [7, 11) is 1.51. The molecule has 1 aromatic heterocycles. The Morgan fingerprint density at radius 3 is 2.83 bits per heavy atom. The van der Waals surface area contributed by atoms with Crippen molar-refractivity contribution in [2.24, 2.45) is 0 Å². The molecule has 1 fully saturated rings. The van der Waals surface area contributed by atoms with E-state index in [1.807, 2.05) is 0 Å². The van der Waals surface area contributed by atoms with E-state index in [-0.39, 0.29) is 30.2 Å². The molecule has 0 aliphatic heterocycles. The summed E-state index contributed by atoms with van der Waals surface area (Å²) in [5.74, 6) is -0.0573. The summed E-state index contributed by atoms with van der Waals surface area (Å²) in [4.78, 5) is 28.4. The van der Waals surface area contributed by atoms with Gasteiger partial charge in [0, 0.05) is 30.0 Å². The number of halogens is 1. The van der Waals surface area contributed by atoms with E-state index in [1.54, 1.807) is 11.4 Å². The molecule has 0 saturated heterocycles. The van der Waals surface area contributed by atoms with Crippen LogP contribution in [0.5, 0.6) is 5.75 Å². The second-order valence-electron chi connectivity index (χ2n) is 7.27. The highest BCUT2D eigenvalue weighted by atomic mass is 32.1. The Morgan fingerprint density at radius 1 is 1.27 bits per heavy atom. The third kappa shape index (κ3) is 6.41. The number of carbonyl (C=O) groups excluding carboxylic acids is 2. The molecule has 0 radical (unpaired) electrons. The Morgan fingerprint density at radius 2 is 2.07 bits per heavy atom. The minimum atomic E-state index is -0.385. The fourth-order valence-electron chi connectivity index (χ4n) is 3.45. The molecule has 3 N–H and O–H groups in total. The Balaban J connectivity index is 1.40. The van der Waals surface area contributed by atoms with E-state index < -0.39 is 0 Å². The van der Waals surface area contributed by atoms with Crippen LogP contribution in [0.25, 0.3) is 11.3 Å². The summed E-state index contributed by atoms with van der Waals surface area (Å²) in [5.41, 5.74) is 1.06. The lowest BCUT2D eigenvalue weighted by molar-refractivity contribution is -0.116. The van der Waals surface area contributed by atoms with Gasteiger partial charge in [0.2, 0.25) is 5.91 Å². The molecular weight excluding hydrogens is 407 g/mol. The van der Waals surface area contributed by atoms with Crippen LogP contribution in [0.4, 0.5) is 14.3 Å². The Bertz CT molecular complexity index is 868. The molecule has 0 spiro atoms. The fourth-order valence-corrected chi connectivity index (χ4v) is 4.18. The predicted octanol–water partition coefficient (Wildman–Crippen LogP) is 4.31. The van der Waals surface area contributed by atoms with Crippen molar-refractivity contribution in [1.82, 2.24) is 15.6 Å². The molecule has 30 heavy (non-hydrogen) atoms. The van der Waals surface area contributed by atoms with E-state index in [0.717, 1.165) is 25.7 Å². The van der Waals surface area contributed by atoms with Gasteiger partial charge in [0.15, 0.2) is 5.13 Å². The molecule has 1 aromatic carbocycles. The summed E-state index contributed by atoms with van der Waals surface area (Å²) >= 11 is 1.26. The summed E-state index contributed by atoms with van der Waals surface area (Å²) < 4.78 is 18.8. The third-order valence-electron chi connectivity index (χ3n) is 4.99. The summed E-state index contributed by atoms with van der Waals surface area (Å²) in [6.07, 6.45) is 6.43. The van der Waals surface area contributed by atoms with E-state index in [0.29, 0.717) is 35.1 Å². The molecule has 162 valence electrons. The summed E-state index contributed by atoms with van der Waals surface area (Å²) in [5, 5.41) is 10.7. The van der Waals surface area contributed by atoms with E-state index in [4.69, 9.17) is 4.74 Å². The molecule has 0 unspecified atom stereocenters. The lowest BCUT2D eigenvalue weighted by Gasteiger charge is -2.22. The number of urea groups is 1. The molecule has 0 atom stereocenters. The highest BCUT2D eigenvalue weighted by Gasteiger charge is 2.16. The predicted molar refractivity (Wildman–Crippen MR) is 115 cm³/mol. The number of hydrogen-bond acceptors (Lipinski definition) is 5. The lowest BCUT2D eigenvalue weighted by atomic mass is 9.96. The van der Waals surface area contributed by atoms with E-state index in [9.17, 15) is 14.0 Å². The van der Waals surface area contributed by atoms with E-state index >= 15 is 0 Å². The number of rotatable bonds is 8. The maximum Gasteiger partial charge on any atom is 0.315 e. The van der Waals surface area contributed by atoms with Gasteiger partial charge in [-0.05, 0) is 37.5 Å². The van der Waals surface area contributed by atoms with E-state index in [2.05, 4.69) is 20.9 Å². The minimum absolute atomic E-state index is 0.170. The zero-order valence-electron chi connectivity index (χ0n) is 17.0. The third-order valence-corrected chi connectivity index (χ3v) is 5.75. The second-order valence-corrected chi connectivity index (χ2v) is 8.13. The molecule has 1 aliphatic rings. The van der Waals surface area contributed by atoms with Crippen molar-refractivity contribution in [3.05, 3.63) is 29.4 Å². The number of aromatic nitrogens is 1. The Kier molecular flexibility index (Phi) is 8.01. The number of anilines is 1. The Hall–Kier alpha value is -2.68. The van der Waals surface area contributed by atoms with Crippen molar-refractivity contribution in [3.8, 4) is 17.0 Å². The molecule has 3 amide bonds. The van der Waals surface area contributed by atoms with Gasteiger partial charge in [-0.25, -0.2) is 14.2 Å². The van der Waals surface area contributed by atoms with Gasteiger partial charge < -0.3 is 20.7 Å². The van der Waals surface area contributed by atoms with Crippen LogP contribution in [-0.2, 0) is 4.79 Å². The van der Waals surface area contributed by atoms with Gasteiger partial charge in [0.1, 0.15) is 11.6 Å². The zero-order chi connectivity index (χ0) is 21.3. The largest absolute Gasteiger partial charge is 0.496 e. The van der Waals surface area contributed by atoms with Crippen LogP contribution >= 0.6 is 11.3 Å². The molecule has 1 aliphatic carbocycles. The van der Waals surface area contributed by atoms with Gasteiger partial charge in [-0.2, -0.15) is 0 Å². The standard InChI is InChI=1S/C21H27FN4O3S/c1-29-18-10-9-14(22)12-16(18)17-13-30-21(25-17)26-19(27)8-5-11-23-20(28)24-15-6-3-2-4-7-15/h9-10,12-13,15H,2-8,11H2,1H3,(H2,23,24,28)(H,25,26,27). The first-order valence-corrected chi connectivity index (χ1v) is 11.1. The van der Waals surface area contributed by atoms with Crippen LogP contribution in [0.1, 0.15) is 44.9 Å². The highest BCUT2D eigenvalue weighted by molar-refractivity contribution is 7.14. The fraction of sp³-hybridized carbons (Fsp3) is 0.476. The number of thiazole rings is 1. The molecule has 9 heteroatoms. The van der Waals surface area contributed by atoms with Crippen molar-refractivity contribution in [1.29, 1.82) is 0 Å². The maximum absolute atomic E-state index is 13.6. The van der Waals surface area contributed by atoms with Gasteiger partial charge >= 0.3 is 6.03 Å². The second kappa shape index (κ2) is 10.9. The number of nitrogens with one attached hydrogen (secondary N) is 3. The van der Waals surface area contributed by atoms with Crippen LogP contribution < -0.4 is 20.7 Å². The molecule has 0 bridgehead atoms. The first-order valence-electron chi connectivity index (χ1n) is 10.2. The average molecular weight is 435 g/mol. The molecule has 1 heterocycles. The van der Waals surface area contributed by atoms with Crippen molar-refractivity contribution in [2.75, 3.05) is 19.0 Å². The maximum atomic E-state index is 13.6. The zero-order valence-corrected chi connectivity index (χ0v) is 17.8. The summed E-state index contributed by atoms with van der Waals surface area (Å²) in [6, 6.07) is 4.30. The minimum Gasteiger partial charge on any atom is -0.496 e. The summed E-state index contributed by atoms with van der Waals surface area (Å²) in [6.45, 7) is 0.426. The molecule has 7 nitrogen and oxygen atoms in total. The van der Waals surface area contributed by atoms with Crippen LogP contribution in [0.3, 0.4) is 0 Å². The lowest BCUT2D eigenvalue weighted by Crippen LogP contribution is -2.43. The average Bonchev–Trinajstić information content (AvgIpc) is 3.20. The quantitative estimate of drug-likeness (QED) is 0.540. The number of hydrogen-bond donors (Lipinski definition) is 3. The van der Waals surface area contributed by atoms with E-state index in [1.165, 1.54) is 37.0 Å². The number of nitrogens with zero attached hydrogens (tertiary/aromatic N) is 1. The van der Waals surface area contributed by atoms with Crippen molar-refractivity contribution >= 4 is 28.4 Å². The van der Waals surface area contributed by atoms with Crippen LogP contribution in [0.2, 0.25) is 0 Å². The van der Waals surface area contributed by atoms with Gasteiger partial charge in [-0.3, -0.25) is 4.79 Å². The molecule has 1 saturated carbocycles. The number of methoxy groups -OCH3 is 1. The highest BCUT2D eigenvalue weighted by Crippen LogP contribution is 2.32. The van der Waals surface area contributed by atoms with Crippen LogP contribution in [-0.4, -0.2) is 36.6 Å². The van der Waals surface area contributed by atoms with Crippen molar-refractivity contribution in [3.63, 3.8) is 0 Å². The number of amides is 3. The molecular formula is C21H27FN4O3S. The normalized spacial score (nSPS) is 14.2. The monoisotopic (exact) mass is 434 g/mol. The van der Waals surface area contributed by atoms with Crippen LogP contribution in [0, 0.1) is 5.82 Å². The first-order chi connectivity index (χ1) is 14.5. The smallest absolute Gasteiger partial charge is 0.315 e. The first kappa shape index (κ1) is 22.0. The van der Waals surface area contributed by atoms with Gasteiger partial charge in [-0.1, -0.05) is 19.3 Å². The SMILES string of the molecule is COc1ccc(F)cc1-c1csc(NC(=O)CCCNC(=O)NC2CCCCC2)n1. The van der Waals surface area contributed by atoms with Gasteiger partial charge in [0.05, 0.1) is 12.8 Å².